The molecule has 0 atom stereocenters. The Morgan fingerprint density at radius 3 is 2.96 bits per heavy atom. The van der Waals surface area contributed by atoms with Crippen LogP contribution in [0.25, 0.3) is 15.9 Å². The Hall–Kier alpha value is -2.12. The van der Waals surface area contributed by atoms with Crippen molar-refractivity contribution in [1.82, 2.24) is 19.4 Å². The molecule has 0 unspecified atom stereocenters. The number of thioether (sulfide) groups is 1. The standard InChI is InChI=1S/C17H16N4OS2/c1-10-11(2)24-17-15(10)16(22)19-13(20-17)9-23-8-12-7-21-6-4-3-5-14(21)18-12/h3-7H,8-9H2,1-2H3,(H,19,20,22). The lowest BCUT2D eigenvalue weighted by atomic mass is 10.2. The summed E-state index contributed by atoms with van der Waals surface area (Å²) in [7, 11) is 0. The Morgan fingerprint density at radius 2 is 2.12 bits per heavy atom. The first-order chi connectivity index (χ1) is 11.6. The van der Waals surface area contributed by atoms with Crippen molar-refractivity contribution in [2.24, 2.45) is 0 Å². The summed E-state index contributed by atoms with van der Waals surface area (Å²) < 4.78 is 2.01. The van der Waals surface area contributed by atoms with Gasteiger partial charge in [0.25, 0.3) is 5.56 Å². The molecule has 0 radical (unpaired) electrons. The van der Waals surface area contributed by atoms with Gasteiger partial charge in [-0.05, 0) is 31.5 Å². The number of aryl methyl sites for hydroxylation is 2. The lowest BCUT2D eigenvalue weighted by Crippen LogP contribution is -2.10. The summed E-state index contributed by atoms with van der Waals surface area (Å²) in [6.45, 7) is 4.00. The first-order valence-corrected chi connectivity index (χ1v) is 9.58. The third-order valence-electron chi connectivity index (χ3n) is 3.99. The molecule has 5 nitrogen and oxygen atoms in total. The number of nitrogens with one attached hydrogen (secondary N) is 1. The highest BCUT2D eigenvalue weighted by molar-refractivity contribution is 7.97. The van der Waals surface area contributed by atoms with Crippen molar-refractivity contribution in [2.45, 2.75) is 25.4 Å². The van der Waals surface area contributed by atoms with Crippen molar-refractivity contribution < 1.29 is 0 Å². The minimum absolute atomic E-state index is 0.0369. The van der Waals surface area contributed by atoms with E-state index < -0.39 is 0 Å². The highest BCUT2D eigenvalue weighted by Crippen LogP contribution is 2.26. The van der Waals surface area contributed by atoms with Crippen LogP contribution in [-0.2, 0) is 11.5 Å². The Balaban J connectivity index is 1.51. The number of aromatic nitrogens is 4. The van der Waals surface area contributed by atoms with E-state index in [0.717, 1.165) is 43.6 Å². The molecule has 1 N–H and O–H groups in total. The lowest BCUT2D eigenvalue weighted by molar-refractivity contribution is 1.04. The highest BCUT2D eigenvalue weighted by Gasteiger charge is 2.12. The van der Waals surface area contributed by atoms with Gasteiger partial charge in [0.1, 0.15) is 16.3 Å². The summed E-state index contributed by atoms with van der Waals surface area (Å²) in [5.41, 5.74) is 2.97. The molecule has 24 heavy (non-hydrogen) atoms. The van der Waals surface area contributed by atoms with Gasteiger partial charge in [0.05, 0.1) is 16.8 Å². The van der Waals surface area contributed by atoms with Crippen LogP contribution in [0.4, 0.5) is 0 Å². The first kappa shape index (κ1) is 15.4. The predicted molar refractivity (Wildman–Crippen MR) is 99.9 cm³/mol. The summed E-state index contributed by atoms with van der Waals surface area (Å²) in [6.07, 6.45) is 4.03. The van der Waals surface area contributed by atoms with E-state index in [1.165, 1.54) is 0 Å². The largest absolute Gasteiger partial charge is 0.309 e. The number of H-pyrrole nitrogens is 1. The average Bonchev–Trinajstić information content (AvgIpc) is 3.08. The van der Waals surface area contributed by atoms with Crippen LogP contribution in [0.15, 0.2) is 35.4 Å². The summed E-state index contributed by atoms with van der Waals surface area (Å²) in [4.78, 5) is 26.3. The van der Waals surface area contributed by atoms with Gasteiger partial charge in [-0.3, -0.25) is 4.79 Å². The number of fused-ring (bicyclic) bond motifs is 2. The van der Waals surface area contributed by atoms with E-state index in [9.17, 15) is 4.79 Å². The second kappa shape index (κ2) is 6.07. The van der Waals surface area contributed by atoms with E-state index in [4.69, 9.17) is 0 Å². The van der Waals surface area contributed by atoms with E-state index >= 15 is 0 Å². The highest BCUT2D eigenvalue weighted by atomic mass is 32.2. The van der Waals surface area contributed by atoms with E-state index in [1.54, 1.807) is 23.1 Å². The Labute approximate surface area is 146 Å². The molecule has 0 amide bonds. The smallest absolute Gasteiger partial charge is 0.259 e. The molecule has 0 saturated carbocycles. The maximum atomic E-state index is 12.3. The third kappa shape index (κ3) is 2.74. The Kier molecular flexibility index (Phi) is 3.90. The maximum Gasteiger partial charge on any atom is 0.259 e. The second-order valence-electron chi connectivity index (χ2n) is 5.67. The zero-order valence-corrected chi connectivity index (χ0v) is 15.0. The van der Waals surface area contributed by atoms with Crippen LogP contribution in [0.2, 0.25) is 0 Å². The first-order valence-electron chi connectivity index (χ1n) is 7.61. The van der Waals surface area contributed by atoms with Gasteiger partial charge in [-0.2, -0.15) is 0 Å². The molecule has 0 aromatic carbocycles. The minimum Gasteiger partial charge on any atom is -0.309 e. The molecule has 0 spiro atoms. The number of rotatable bonds is 4. The predicted octanol–water partition coefficient (Wildman–Crippen LogP) is 3.68. The van der Waals surface area contributed by atoms with Crippen molar-refractivity contribution in [3.05, 3.63) is 62.9 Å². The minimum atomic E-state index is -0.0369. The van der Waals surface area contributed by atoms with Crippen LogP contribution in [0.3, 0.4) is 0 Å². The molecule has 0 bridgehead atoms. The van der Waals surface area contributed by atoms with Crippen molar-refractivity contribution in [1.29, 1.82) is 0 Å². The van der Waals surface area contributed by atoms with Crippen molar-refractivity contribution in [3.63, 3.8) is 0 Å². The van der Waals surface area contributed by atoms with E-state index in [2.05, 4.69) is 15.0 Å². The molecule has 4 aromatic heterocycles. The molecule has 4 heterocycles. The molecule has 0 aliphatic heterocycles. The van der Waals surface area contributed by atoms with Crippen LogP contribution in [0.1, 0.15) is 22.0 Å². The zero-order valence-electron chi connectivity index (χ0n) is 13.4. The van der Waals surface area contributed by atoms with Gasteiger partial charge in [0, 0.05) is 23.0 Å². The Morgan fingerprint density at radius 1 is 1.25 bits per heavy atom. The quantitative estimate of drug-likeness (QED) is 0.606. The van der Waals surface area contributed by atoms with Crippen LogP contribution >= 0.6 is 23.1 Å². The summed E-state index contributed by atoms with van der Waals surface area (Å²) in [5, 5.41) is 0.728. The fourth-order valence-corrected chi connectivity index (χ4v) is 4.51. The SMILES string of the molecule is Cc1sc2nc(CSCc3cn4ccccc4n3)[nH]c(=O)c2c1C. The van der Waals surface area contributed by atoms with Crippen LogP contribution in [-0.4, -0.2) is 19.4 Å². The molecule has 0 aliphatic rings. The number of nitrogens with zero attached hydrogens (tertiary/aromatic N) is 3. The number of aromatic amines is 1. The summed E-state index contributed by atoms with van der Waals surface area (Å²) in [5.74, 6) is 2.17. The normalized spacial score (nSPS) is 11.6. The third-order valence-corrected chi connectivity index (χ3v) is 6.07. The molecule has 122 valence electrons. The van der Waals surface area contributed by atoms with Crippen molar-refractivity contribution in [2.75, 3.05) is 0 Å². The molecule has 0 aliphatic carbocycles. The van der Waals surface area contributed by atoms with Gasteiger partial charge in [-0.15, -0.1) is 23.1 Å². The lowest BCUT2D eigenvalue weighted by Gasteiger charge is -2.00. The monoisotopic (exact) mass is 356 g/mol. The number of imidazole rings is 1. The topological polar surface area (TPSA) is 63.1 Å². The van der Waals surface area contributed by atoms with Gasteiger partial charge < -0.3 is 9.38 Å². The molecular formula is C17H16N4OS2. The number of hydrogen-bond acceptors (Lipinski definition) is 5. The van der Waals surface area contributed by atoms with Gasteiger partial charge in [0.2, 0.25) is 0 Å². The maximum absolute atomic E-state index is 12.3. The van der Waals surface area contributed by atoms with E-state index in [0.29, 0.717) is 5.75 Å². The van der Waals surface area contributed by atoms with Gasteiger partial charge in [0.15, 0.2) is 0 Å². The summed E-state index contributed by atoms with van der Waals surface area (Å²) >= 11 is 3.28. The van der Waals surface area contributed by atoms with Crippen LogP contribution < -0.4 is 5.56 Å². The van der Waals surface area contributed by atoms with Gasteiger partial charge in [-0.25, -0.2) is 9.97 Å². The van der Waals surface area contributed by atoms with Crippen LogP contribution in [0, 0.1) is 13.8 Å². The average molecular weight is 356 g/mol. The molecule has 4 rings (SSSR count). The van der Waals surface area contributed by atoms with Gasteiger partial charge in [-0.1, -0.05) is 6.07 Å². The van der Waals surface area contributed by atoms with Crippen LogP contribution in [0.5, 0.6) is 0 Å². The fraction of sp³-hybridized carbons (Fsp3) is 0.235. The fourth-order valence-electron chi connectivity index (χ4n) is 2.68. The molecule has 4 aromatic rings. The number of pyridine rings is 1. The second-order valence-corrected chi connectivity index (χ2v) is 7.86. The number of hydrogen-bond donors (Lipinski definition) is 1. The summed E-state index contributed by atoms with van der Waals surface area (Å²) in [6, 6.07) is 5.96. The van der Waals surface area contributed by atoms with E-state index in [1.807, 2.05) is 48.8 Å². The van der Waals surface area contributed by atoms with Gasteiger partial charge >= 0.3 is 0 Å². The van der Waals surface area contributed by atoms with E-state index in [-0.39, 0.29) is 5.56 Å². The number of thiophene rings is 1. The van der Waals surface area contributed by atoms with Crippen molar-refractivity contribution in [3.8, 4) is 0 Å². The molecule has 7 heteroatoms. The molecule has 0 fully saturated rings. The Bertz CT molecular complexity index is 1060. The molecule has 0 saturated heterocycles. The zero-order chi connectivity index (χ0) is 16.7. The molecular weight excluding hydrogens is 340 g/mol. The van der Waals surface area contributed by atoms with Crippen molar-refractivity contribution >= 4 is 39.0 Å².